The van der Waals surface area contributed by atoms with Crippen LogP contribution in [-0.2, 0) is 60.3 Å². The minimum absolute atomic E-state index is 0. The summed E-state index contributed by atoms with van der Waals surface area (Å²) in [6, 6.07) is 136. The van der Waals surface area contributed by atoms with E-state index < -0.39 is 0 Å². The van der Waals surface area contributed by atoms with Crippen LogP contribution in [0.15, 0.2) is 358 Å². The van der Waals surface area contributed by atoms with Gasteiger partial charge in [-0.05, 0) is 178 Å². The van der Waals surface area contributed by atoms with Crippen LogP contribution in [0.25, 0.3) is 83.0 Å². The number of nitrogens with zero attached hydrogens (tertiary/aromatic N) is 11. The van der Waals surface area contributed by atoms with Crippen LogP contribution in [0.4, 0.5) is 56.9 Å². The molecule has 0 spiro atoms. The molecule has 0 amide bonds. The number of hydrogen-bond donors (Lipinski definition) is 0. The van der Waals surface area contributed by atoms with E-state index in [-0.39, 0.29) is 60.3 Å². The van der Waals surface area contributed by atoms with Gasteiger partial charge < -0.3 is 39.2 Å². The Hall–Kier alpha value is -12.8. The molecule has 15 aromatic carbocycles. The standard InChI is InChI=1S/2C28H24N2.C24H22N2.C14H12N2.C11H11N2.C9H6NS.3Ir/c2*1-20-17-24(22-9-5-4-6-10-22)18-21(2)28(20)23-13-15-25(16-14-23)30-19-29(3)26-11-7-8-12-27(26)30;1-18-15-22(20-7-5-4-6-8-20)16-19(2)24(18)21-9-11-23(12-10-21)26-14-13-25(3)17-26;1-15-11-16(12-7-3-2-4-8-12)14-10-6-5-9-13(14)15;1-9-8-10(2)13(12-9)11-6-4-3-5-7-11;1-2-4-8(5-3-1)9-10-6-7-11-9;;;/h2*4-15,17-19H,1-3H3;4-11,13-17H,1-3H3;2-7,9-11H,1H3;3-6,8H,1-2H3;1-4,6-7H;;;/q4*-2;2*-1;;2*+3. The zero-order valence-electron chi connectivity index (χ0n) is 74.2. The fourth-order valence-electron chi connectivity index (χ4n) is 16.6. The fourth-order valence-corrected chi connectivity index (χ4v) is 17.2. The molecule has 0 N–H and O–H groups in total. The topological polar surface area (TPSA) is 56.6 Å². The van der Waals surface area contributed by atoms with E-state index in [0.29, 0.717) is 0 Å². The smallest absolute Gasteiger partial charge is 0.510 e. The van der Waals surface area contributed by atoms with Gasteiger partial charge in [0.2, 0.25) is 0 Å². The molecule has 1 radical (unpaired) electrons. The molecule has 6 heterocycles. The van der Waals surface area contributed by atoms with Crippen LogP contribution < -0.4 is 34.3 Å². The molecule has 2 aromatic heterocycles. The van der Waals surface area contributed by atoms with Gasteiger partial charge in [-0.15, -0.1) is 99.6 Å². The SMILES string of the molecule is CN1[CH-]N(c2[c-]cccc2)c2ccccc21.Cc1cc(-c2ccccc2)cc(C)c1-c1c[c-]c(N2C=CN(C)[CH-]2)cc1.Cc1cc(-c2ccccc2)cc(C)c1-c1c[c-]c(N2[CH-]N(C)c3ccccc32)cc1.Cc1cc(-c2ccccc2)cc(C)c1-c1c[c-]c(N2[CH-]N(C)c3ccccc32)cc1.Cc1cc(C)n(-c2[c-]cccc2)n1.[Ir+3].[Ir+3].[Ir].[c-]1ccccc1-c1nccs1. The van der Waals surface area contributed by atoms with Crippen molar-refractivity contribution in [3.8, 4) is 83.0 Å². The Morgan fingerprint density at radius 3 is 0.953 bits per heavy atom. The molecule has 0 unspecified atom stereocenters. The molecule has 4 aliphatic heterocycles. The van der Waals surface area contributed by atoms with Gasteiger partial charge in [-0.25, -0.2) is 0 Å². The molecule has 0 fully saturated rings. The summed E-state index contributed by atoms with van der Waals surface area (Å²) in [6.07, 6.45) is 5.87. The molecule has 17 aromatic rings. The van der Waals surface area contributed by atoms with Gasteiger partial charge in [0.15, 0.2) is 0 Å². The van der Waals surface area contributed by atoms with Gasteiger partial charge in [0.05, 0.1) is 5.69 Å². The molecular formula is C114H99Ir3N11S-4. The second-order valence-electron chi connectivity index (χ2n) is 31.6. The number of hydrogen-bond acceptors (Lipinski definition) is 11. The predicted octanol–water partition coefficient (Wildman–Crippen LogP) is 28.2. The molecule has 0 saturated heterocycles. The summed E-state index contributed by atoms with van der Waals surface area (Å²) in [4.78, 5) is 21.2. The van der Waals surface area contributed by atoms with Crippen LogP contribution in [0.3, 0.4) is 0 Å². The average Bonchev–Trinajstić information content (AvgIpc) is 1.74. The van der Waals surface area contributed by atoms with Crippen molar-refractivity contribution in [2.45, 2.75) is 55.4 Å². The number of thiazole rings is 1. The maximum atomic E-state index is 4.37. The fraction of sp³-hybridized carbons (Fsp3) is 0.105. The van der Waals surface area contributed by atoms with E-state index >= 15 is 0 Å². The van der Waals surface area contributed by atoms with Crippen LogP contribution >= 0.6 is 11.3 Å². The number of para-hydroxylation sites is 8. The average molecular weight is 2230 g/mol. The van der Waals surface area contributed by atoms with Crippen molar-refractivity contribution in [1.29, 1.82) is 0 Å². The Kier molecular flexibility index (Phi) is 31.9. The van der Waals surface area contributed by atoms with Gasteiger partial charge in [0.1, 0.15) is 0 Å². The van der Waals surface area contributed by atoms with Crippen LogP contribution in [0.2, 0.25) is 0 Å². The maximum absolute atomic E-state index is 4.37. The van der Waals surface area contributed by atoms with Gasteiger partial charge in [0, 0.05) is 76.5 Å². The van der Waals surface area contributed by atoms with E-state index in [1.807, 2.05) is 122 Å². The molecule has 0 bridgehead atoms. The zero-order chi connectivity index (χ0) is 87.2. The third-order valence-corrected chi connectivity index (χ3v) is 23.2. The minimum atomic E-state index is 0. The molecule has 0 atom stereocenters. The first kappa shape index (κ1) is 93.9. The summed E-state index contributed by atoms with van der Waals surface area (Å²) in [7, 11) is 8.23. The van der Waals surface area contributed by atoms with Crippen LogP contribution in [0.5, 0.6) is 0 Å². The Morgan fingerprint density at radius 1 is 0.302 bits per heavy atom. The number of anilines is 10. The number of fused-ring (bicyclic) bond motifs is 3. The van der Waals surface area contributed by atoms with Gasteiger partial charge in [0.25, 0.3) is 0 Å². The molecule has 0 aliphatic carbocycles. The van der Waals surface area contributed by atoms with Gasteiger partial charge in [-0.3, -0.25) is 9.67 Å². The Bertz CT molecular complexity index is 6260. The number of rotatable bonds is 12. The first-order valence-electron chi connectivity index (χ1n) is 42.3. The Labute approximate surface area is 807 Å². The summed E-state index contributed by atoms with van der Waals surface area (Å²) < 4.78 is 1.90. The van der Waals surface area contributed by atoms with Crippen molar-refractivity contribution in [3.63, 3.8) is 0 Å². The summed E-state index contributed by atoms with van der Waals surface area (Å²) in [5, 5.41) is 7.37. The van der Waals surface area contributed by atoms with Gasteiger partial charge in [-0.1, -0.05) is 214 Å². The van der Waals surface area contributed by atoms with E-state index in [1.54, 1.807) is 17.5 Å². The maximum Gasteiger partial charge on any atom is 3.00 e. The Balaban J connectivity index is 0.000000136. The monoisotopic (exact) mass is 2230 g/mol. The van der Waals surface area contributed by atoms with E-state index in [9.17, 15) is 0 Å². The van der Waals surface area contributed by atoms with Crippen molar-refractivity contribution in [2.24, 2.45) is 0 Å². The van der Waals surface area contributed by atoms with E-state index in [2.05, 4.69) is 430 Å². The van der Waals surface area contributed by atoms with Crippen LogP contribution in [0, 0.1) is 118 Å². The van der Waals surface area contributed by atoms with Crippen molar-refractivity contribution >= 4 is 68.2 Å². The first-order valence-corrected chi connectivity index (χ1v) is 43.1. The van der Waals surface area contributed by atoms with Crippen molar-refractivity contribution in [1.82, 2.24) is 19.7 Å². The number of benzene rings is 15. The predicted molar refractivity (Wildman–Crippen MR) is 528 cm³/mol. The molecule has 11 nitrogen and oxygen atoms in total. The molecule has 15 heteroatoms. The zero-order valence-corrected chi connectivity index (χ0v) is 82.2. The number of aromatic nitrogens is 3. The summed E-state index contributed by atoms with van der Waals surface area (Å²) in [5.74, 6) is 0. The minimum Gasteiger partial charge on any atom is -0.510 e. The second kappa shape index (κ2) is 43.8. The first-order chi connectivity index (χ1) is 61.4. The molecule has 129 heavy (non-hydrogen) atoms. The molecular weight excluding hydrogens is 2130 g/mol. The summed E-state index contributed by atoms with van der Waals surface area (Å²) in [6.45, 7) is 25.5. The molecule has 0 saturated carbocycles. The second-order valence-corrected chi connectivity index (χ2v) is 32.5. The largest absolute Gasteiger partial charge is 3.00 e. The van der Waals surface area contributed by atoms with E-state index in [0.717, 1.165) is 50.4 Å². The molecule has 647 valence electrons. The van der Waals surface area contributed by atoms with Crippen molar-refractivity contribution < 1.29 is 60.3 Å². The van der Waals surface area contributed by atoms with Gasteiger partial charge in [-0.2, -0.15) is 152 Å². The van der Waals surface area contributed by atoms with Crippen LogP contribution in [-0.4, -0.2) is 47.9 Å². The Morgan fingerprint density at radius 2 is 0.643 bits per heavy atom. The summed E-state index contributed by atoms with van der Waals surface area (Å²) >= 11 is 1.63. The third kappa shape index (κ3) is 22.2. The molecule has 21 rings (SSSR count). The van der Waals surface area contributed by atoms with Crippen molar-refractivity contribution in [2.75, 3.05) is 62.5 Å². The van der Waals surface area contributed by atoms with Crippen LogP contribution in [0.1, 0.15) is 44.8 Å². The molecule has 4 aliphatic rings. The van der Waals surface area contributed by atoms with Crippen molar-refractivity contribution in [3.05, 3.63) is 465 Å². The van der Waals surface area contributed by atoms with E-state index in [4.69, 9.17) is 0 Å². The third-order valence-electron chi connectivity index (χ3n) is 22.4. The number of aryl methyl sites for hydroxylation is 8. The van der Waals surface area contributed by atoms with Gasteiger partial charge >= 0.3 is 40.2 Å². The quantitative estimate of drug-likeness (QED) is 0.111. The summed E-state index contributed by atoms with van der Waals surface area (Å²) in [5.41, 5.74) is 38.4. The normalized spacial score (nSPS) is 12.3. The van der Waals surface area contributed by atoms with E-state index in [1.165, 1.54) is 134 Å².